The van der Waals surface area contributed by atoms with E-state index in [1.54, 1.807) is 23.5 Å². The van der Waals surface area contributed by atoms with Crippen molar-refractivity contribution >= 4 is 26.7 Å². The lowest BCUT2D eigenvalue weighted by Gasteiger charge is -2.38. The van der Waals surface area contributed by atoms with Gasteiger partial charge in [-0.25, -0.2) is 9.67 Å². The van der Waals surface area contributed by atoms with E-state index in [-0.39, 0.29) is 11.8 Å². The fraction of sp³-hybridized carbons (Fsp3) is 0.231. The van der Waals surface area contributed by atoms with Gasteiger partial charge in [0, 0.05) is 26.2 Å². The summed E-state index contributed by atoms with van der Waals surface area (Å²) in [5, 5.41) is 23.8. The van der Waals surface area contributed by atoms with Gasteiger partial charge in [-0.1, -0.05) is 65.9 Å². The molecule has 0 spiro atoms. The average molecular weight is 484 g/mol. The molecular formula is C26H25N7OS. The Morgan fingerprint density at radius 1 is 0.857 bits per heavy atom. The zero-order valence-electron chi connectivity index (χ0n) is 19.1. The van der Waals surface area contributed by atoms with E-state index in [9.17, 15) is 5.11 Å². The first-order chi connectivity index (χ1) is 17.2. The summed E-state index contributed by atoms with van der Waals surface area (Å²) >= 11 is 1.74. The molecule has 0 unspecified atom stereocenters. The molecule has 6 rings (SSSR count). The predicted molar refractivity (Wildman–Crippen MR) is 137 cm³/mol. The minimum absolute atomic E-state index is 0.119. The Hall–Kier alpha value is -3.82. The maximum atomic E-state index is 9.88. The molecule has 35 heavy (non-hydrogen) atoms. The number of nitrogens with zero attached hydrogens (tertiary/aromatic N) is 7. The van der Waals surface area contributed by atoms with Crippen molar-refractivity contribution in [1.29, 1.82) is 0 Å². The first kappa shape index (κ1) is 21.7. The zero-order chi connectivity index (χ0) is 23.6. The number of hydrogen-bond donors (Lipinski definition) is 1. The Kier molecular flexibility index (Phi) is 5.85. The average Bonchev–Trinajstić information content (AvgIpc) is 3.54. The van der Waals surface area contributed by atoms with Gasteiger partial charge in [0.25, 0.3) is 0 Å². The number of hydrogen-bond acceptors (Lipinski definition) is 8. The van der Waals surface area contributed by atoms with Crippen LogP contribution in [-0.2, 0) is 6.54 Å². The number of para-hydroxylation sites is 1. The molecule has 2 aromatic heterocycles. The maximum Gasteiger partial charge on any atom is 0.186 e. The third-order valence-corrected chi connectivity index (χ3v) is 7.52. The third kappa shape index (κ3) is 4.48. The van der Waals surface area contributed by atoms with Crippen molar-refractivity contribution in [1.82, 2.24) is 30.1 Å². The molecule has 1 atom stereocenters. The summed E-state index contributed by atoms with van der Waals surface area (Å²) in [6.45, 7) is 4.03. The number of fused-ring (bicyclic) bond motifs is 1. The fourth-order valence-electron chi connectivity index (χ4n) is 4.62. The number of thiazole rings is 1. The molecule has 0 amide bonds. The summed E-state index contributed by atoms with van der Waals surface area (Å²) in [4.78, 5) is 9.63. The highest BCUT2D eigenvalue weighted by Crippen LogP contribution is 2.33. The van der Waals surface area contributed by atoms with Gasteiger partial charge >= 0.3 is 0 Å². The number of rotatable bonds is 6. The van der Waals surface area contributed by atoms with Gasteiger partial charge in [0.05, 0.1) is 22.8 Å². The van der Waals surface area contributed by atoms with Crippen LogP contribution >= 0.6 is 11.3 Å². The van der Waals surface area contributed by atoms with Crippen LogP contribution in [0.15, 0.2) is 78.9 Å². The van der Waals surface area contributed by atoms with Crippen LogP contribution < -0.4 is 4.90 Å². The highest BCUT2D eigenvalue weighted by Gasteiger charge is 2.31. The maximum absolute atomic E-state index is 9.88. The van der Waals surface area contributed by atoms with E-state index >= 15 is 0 Å². The van der Waals surface area contributed by atoms with Crippen LogP contribution in [0.5, 0.6) is 5.75 Å². The van der Waals surface area contributed by atoms with E-state index in [0.717, 1.165) is 53.8 Å². The molecule has 0 saturated carbocycles. The fourth-order valence-corrected chi connectivity index (χ4v) is 5.64. The van der Waals surface area contributed by atoms with Crippen LogP contribution in [0, 0.1) is 0 Å². The van der Waals surface area contributed by atoms with Gasteiger partial charge in [0.1, 0.15) is 5.75 Å². The summed E-state index contributed by atoms with van der Waals surface area (Å²) < 4.78 is 3.10. The lowest BCUT2D eigenvalue weighted by molar-refractivity contribution is 0.201. The molecule has 3 aromatic carbocycles. The summed E-state index contributed by atoms with van der Waals surface area (Å²) in [5.74, 6) is 1.05. The summed E-state index contributed by atoms with van der Waals surface area (Å²) in [5.41, 5.74) is 3.25. The SMILES string of the molecule is Oc1ccc([C@@H](c2nnnn2Cc2ccccc2)N2CCN(c3nc4ccccc4s3)CC2)cc1. The van der Waals surface area contributed by atoms with E-state index in [0.29, 0.717) is 6.54 Å². The van der Waals surface area contributed by atoms with E-state index in [4.69, 9.17) is 4.98 Å². The van der Waals surface area contributed by atoms with E-state index in [1.165, 1.54) is 4.70 Å². The quantitative estimate of drug-likeness (QED) is 0.392. The van der Waals surface area contributed by atoms with Gasteiger partial charge in [-0.2, -0.15) is 0 Å². The van der Waals surface area contributed by atoms with Crippen LogP contribution in [0.1, 0.15) is 23.0 Å². The summed E-state index contributed by atoms with van der Waals surface area (Å²) in [6, 6.07) is 25.8. The topological polar surface area (TPSA) is 83.2 Å². The lowest BCUT2D eigenvalue weighted by atomic mass is 10.0. The standard InChI is InChI=1S/C26H25N7OS/c34-21-12-10-20(11-13-21)24(25-28-29-30-33(25)18-19-6-2-1-3-7-19)31-14-16-32(17-15-31)26-27-22-8-4-5-9-23(22)35-26/h1-13,24,34H,14-18H2/t24-/m0/s1. The van der Waals surface area contributed by atoms with Crippen molar-refractivity contribution in [2.45, 2.75) is 12.6 Å². The number of phenols is 1. The van der Waals surface area contributed by atoms with E-state index < -0.39 is 0 Å². The largest absolute Gasteiger partial charge is 0.508 e. The number of tetrazole rings is 1. The molecule has 3 heterocycles. The first-order valence-corrected chi connectivity index (χ1v) is 12.5. The second kappa shape index (κ2) is 9.44. The third-order valence-electron chi connectivity index (χ3n) is 6.42. The molecule has 0 radical (unpaired) electrons. The Morgan fingerprint density at radius 2 is 1.60 bits per heavy atom. The van der Waals surface area contributed by atoms with Crippen LogP contribution in [0.3, 0.4) is 0 Å². The molecule has 5 aromatic rings. The Labute approximate surface area is 207 Å². The zero-order valence-corrected chi connectivity index (χ0v) is 19.9. The molecule has 1 fully saturated rings. The van der Waals surface area contributed by atoms with Gasteiger partial charge < -0.3 is 10.0 Å². The molecule has 0 bridgehead atoms. The number of benzene rings is 3. The van der Waals surface area contributed by atoms with Crippen molar-refractivity contribution < 1.29 is 5.11 Å². The van der Waals surface area contributed by atoms with Crippen LogP contribution in [-0.4, -0.2) is 61.4 Å². The van der Waals surface area contributed by atoms with Crippen molar-refractivity contribution in [2.75, 3.05) is 31.1 Å². The molecule has 9 heteroatoms. The number of aromatic hydroxyl groups is 1. The minimum atomic E-state index is -0.119. The van der Waals surface area contributed by atoms with Gasteiger partial charge in [-0.3, -0.25) is 4.90 Å². The van der Waals surface area contributed by atoms with E-state index in [2.05, 4.69) is 55.7 Å². The predicted octanol–water partition coefficient (Wildman–Crippen LogP) is 3.95. The molecule has 1 aliphatic rings. The van der Waals surface area contributed by atoms with Gasteiger partial charge in [0.2, 0.25) is 0 Å². The second-order valence-corrected chi connectivity index (χ2v) is 9.67. The molecular weight excluding hydrogens is 458 g/mol. The highest BCUT2D eigenvalue weighted by atomic mass is 32.1. The van der Waals surface area contributed by atoms with Crippen LogP contribution in [0.2, 0.25) is 0 Å². The van der Waals surface area contributed by atoms with Crippen LogP contribution in [0.4, 0.5) is 5.13 Å². The molecule has 1 saturated heterocycles. The number of phenolic OH excluding ortho intramolecular Hbond substituents is 1. The first-order valence-electron chi connectivity index (χ1n) is 11.7. The molecule has 8 nitrogen and oxygen atoms in total. The Balaban J connectivity index is 1.27. The van der Waals surface area contributed by atoms with Crippen molar-refractivity contribution in [2.24, 2.45) is 0 Å². The molecule has 0 aliphatic carbocycles. The second-order valence-electron chi connectivity index (χ2n) is 8.66. The monoisotopic (exact) mass is 483 g/mol. The number of aromatic nitrogens is 5. The van der Waals surface area contributed by atoms with Gasteiger partial charge in [-0.15, -0.1) is 5.10 Å². The normalized spacial score (nSPS) is 15.5. The Bertz CT molecular complexity index is 1380. The smallest absolute Gasteiger partial charge is 0.186 e. The minimum Gasteiger partial charge on any atom is -0.508 e. The van der Waals surface area contributed by atoms with E-state index in [1.807, 2.05) is 41.1 Å². The van der Waals surface area contributed by atoms with Gasteiger partial charge in [-0.05, 0) is 45.8 Å². The lowest BCUT2D eigenvalue weighted by Crippen LogP contribution is -2.48. The molecule has 1 aliphatic heterocycles. The van der Waals surface area contributed by atoms with Crippen LogP contribution in [0.25, 0.3) is 10.2 Å². The molecule has 1 N–H and O–H groups in total. The van der Waals surface area contributed by atoms with Crippen molar-refractivity contribution in [3.05, 3.63) is 95.8 Å². The summed E-state index contributed by atoms with van der Waals surface area (Å²) in [6.07, 6.45) is 0. The van der Waals surface area contributed by atoms with Crippen molar-refractivity contribution in [3.8, 4) is 5.75 Å². The highest BCUT2D eigenvalue weighted by molar-refractivity contribution is 7.22. The Morgan fingerprint density at radius 3 is 2.37 bits per heavy atom. The van der Waals surface area contributed by atoms with Gasteiger partial charge in [0.15, 0.2) is 11.0 Å². The van der Waals surface area contributed by atoms with Crippen molar-refractivity contribution in [3.63, 3.8) is 0 Å². The molecule has 176 valence electrons. The number of anilines is 1. The summed E-state index contributed by atoms with van der Waals surface area (Å²) in [7, 11) is 0. The number of piperazine rings is 1.